The number of carbonyl (C=O) groups is 1. The number of halogens is 1. The van der Waals surface area contributed by atoms with Gasteiger partial charge in [-0.2, -0.15) is 0 Å². The van der Waals surface area contributed by atoms with E-state index in [-0.39, 0.29) is 19.1 Å². The third-order valence-electron chi connectivity index (χ3n) is 2.48. The predicted molar refractivity (Wildman–Crippen MR) is 88.2 cm³/mol. The Bertz CT molecular complexity index is 464. The van der Waals surface area contributed by atoms with E-state index in [4.69, 9.17) is 4.74 Å². The topological polar surface area (TPSA) is 38.3 Å². The third-order valence-corrected chi connectivity index (χ3v) is 2.48. The molecule has 0 aliphatic carbocycles. The summed E-state index contributed by atoms with van der Waals surface area (Å²) < 4.78 is 19.2. The molecule has 0 amide bonds. The maximum atomic E-state index is 13.6. The highest BCUT2D eigenvalue weighted by Crippen LogP contribution is 2.20. The van der Waals surface area contributed by atoms with Gasteiger partial charge >= 0.3 is 0 Å². The molecule has 0 aliphatic heterocycles. The van der Waals surface area contributed by atoms with Crippen molar-refractivity contribution in [1.82, 2.24) is 5.32 Å². The van der Waals surface area contributed by atoms with Crippen molar-refractivity contribution in [1.29, 1.82) is 0 Å². The van der Waals surface area contributed by atoms with E-state index >= 15 is 0 Å². The van der Waals surface area contributed by atoms with E-state index in [0.717, 1.165) is 12.1 Å². The second-order valence-corrected chi connectivity index (χ2v) is 4.37. The Labute approximate surface area is 128 Å². The van der Waals surface area contributed by atoms with Crippen molar-refractivity contribution in [2.24, 2.45) is 0 Å². The number of rotatable bonds is 7. The van der Waals surface area contributed by atoms with Crippen molar-refractivity contribution in [3.05, 3.63) is 35.7 Å². The first-order valence-corrected chi connectivity index (χ1v) is 7.38. The molecule has 21 heavy (non-hydrogen) atoms. The Morgan fingerprint density at radius 2 is 2.14 bits per heavy atom. The maximum Gasteiger partial charge on any atom is 0.165 e. The smallest absolute Gasteiger partial charge is 0.165 e. The van der Waals surface area contributed by atoms with Crippen LogP contribution in [0.25, 0.3) is 6.08 Å². The Morgan fingerprint density at radius 3 is 2.71 bits per heavy atom. The van der Waals surface area contributed by atoms with E-state index in [1.165, 1.54) is 19.1 Å². The SMILES string of the molecule is CC.CCNC[C@@H](C)Oc1cc(/C=C/C(C)=O)ccc1F.[HH]. The molecular formula is C17H28FNO2. The monoisotopic (exact) mass is 297 g/mol. The Morgan fingerprint density at radius 1 is 1.48 bits per heavy atom. The van der Waals surface area contributed by atoms with Crippen molar-refractivity contribution in [2.75, 3.05) is 13.1 Å². The van der Waals surface area contributed by atoms with Crippen molar-refractivity contribution < 1.29 is 15.3 Å². The lowest BCUT2D eigenvalue weighted by molar-refractivity contribution is -0.112. The van der Waals surface area contributed by atoms with Gasteiger partial charge in [-0.05, 0) is 44.2 Å². The van der Waals surface area contributed by atoms with Crippen LogP contribution in [0.1, 0.15) is 41.6 Å². The average Bonchev–Trinajstić information content (AvgIpc) is 2.48. The third kappa shape index (κ3) is 8.25. The van der Waals surface area contributed by atoms with E-state index < -0.39 is 5.82 Å². The van der Waals surface area contributed by atoms with Gasteiger partial charge in [0.1, 0.15) is 6.10 Å². The van der Waals surface area contributed by atoms with Gasteiger partial charge in [-0.25, -0.2) is 4.39 Å². The molecule has 120 valence electrons. The van der Waals surface area contributed by atoms with E-state index in [2.05, 4.69) is 5.32 Å². The van der Waals surface area contributed by atoms with Crippen LogP contribution in [0.2, 0.25) is 0 Å². The van der Waals surface area contributed by atoms with Gasteiger partial charge in [-0.15, -0.1) is 0 Å². The summed E-state index contributed by atoms with van der Waals surface area (Å²) in [6.45, 7) is 10.8. The van der Waals surface area contributed by atoms with Gasteiger partial charge in [0.2, 0.25) is 0 Å². The molecule has 0 bridgehead atoms. The predicted octanol–water partition coefficient (Wildman–Crippen LogP) is 4.08. The second kappa shape index (κ2) is 11.0. The van der Waals surface area contributed by atoms with Crippen molar-refractivity contribution in [2.45, 2.75) is 40.7 Å². The molecule has 0 fully saturated rings. The minimum absolute atomic E-state index is 0. The molecule has 0 aromatic heterocycles. The number of nitrogens with one attached hydrogen (secondary N) is 1. The number of likely N-dealkylation sites (N-methyl/N-ethyl adjacent to an activating group) is 1. The number of carbonyl (C=O) groups excluding carboxylic acids is 1. The molecule has 0 radical (unpaired) electrons. The zero-order chi connectivity index (χ0) is 16.3. The first-order valence-electron chi connectivity index (χ1n) is 7.38. The van der Waals surface area contributed by atoms with E-state index in [1.807, 2.05) is 27.7 Å². The quantitative estimate of drug-likeness (QED) is 0.771. The summed E-state index contributed by atoms with van der Waals surface area (Å²) in [5, 5.41) is 3.14. The van der Waals surface area contributed by atoms with Crippen LogP contribution in [0.15, 0.2) is 24.3 Å². The summed E-state index contributed by atoms with van der Waals surface area (Å²) in [7, 11) is 0. The van der Waals surface area contributed by atoms with Crippen molar-refractivity contribution >= 4 is 11.9 Å². The average molecular weight is 297 g/mol. The van der Waals surface area contributed by atoms with Gasteiger partial charge in [-0.1, -0.05) is 32.9 Å². The number of hydrogen-bond donors (Lipinski definition) is 1. The highest BCUT2D eigenvalue weighted by atomic mass is 19.1. The normalized spacial score (nSPS) is 11.7. The Hall–Kier alpha value is -1.68. The fraction of sp³-hybridized carbons (Fsp3) is 0.471. The van der Waals surface area contributed by atoms with Crippen LogP contribution < -0.4 is 10.1 Å². The summed E-state index contributed by atoms with van der Waals surface area (Å²) in [6, 6.07) is 4.54. The van der Waals surface area contributed by atoms with Crippen LogP contribution in [-0.2, 0) is 4.79 Å². The number of benzene rings is 1. The molecule has 1 rings (SSSR count). The zero-order valence-corrected chi connectivity index (χ0v) is 13.6. The number of hydrogen-bond acceptors (Lipinski definition) is 3. The Balaban J connectivity index is 0. The zero-order valence-electron chi connectivity index (χ0n) is 13.6. The lowest BCUT2D eigenvalue weighted by Gasteiger charge is -2.15. The molecule has 1 aromatic rings. The molecule has 3 nitrogen and oxygen atoms in total. The van der Waals surface area contributed by atoms with Gasteiger partial charge in [0.15, 0.2) is 17.3 Å². The first kappa shape index (κ1) is 19.3. The molecular weight excluding hydrogens is 269 g/mol. The second-order valence-electron chi connectivity index (χ2n) is 4.37. The highest BCUT2D eigenvalue weighted by molar-refractivity contribution is 5.91. The van der Waals surface area contributed by atoms with Gasteiger partial charge < -0.3 is 10.1 Å². The molecule has 1 atom stereocenters. The van der Waals surface area contributed by atoms with Gasteiger partial charge in [0, 0.05) is 7.97 Å². The first-order chi connectivity index (χ1) is 10.0. The van der Waals surface area contributed by atoms with E-state index in [9.17, 15) is 9.18 Å². The molecule has 1 N–H and O–H groups in total. The van der Waals surface area contributed by atoms with Gasteiger partial charge in [0.25, 0.3) is 0 Å². The number of allylic oxidation sites excluding steroid dienone is 1. The molecule has 0 spiro atoms. The minimum Gasteiger partial charge on any atom is -0.486 e. The number of ketones is 1. The van der Waals surface area contributed by atoms with Crippen molar-refractivity contribution in [3.8, 4) is 5.75 Å². The molecule has 0 aliphatic rings. The van der Waals surface area contributed by atoms with E-state index in [0.29, 0.717) is 6.54 Å². The lowest BCUT2D eigenvalue weighted by Crippen LogP contribution is -2.28. The number of ether oxygens (including phenoxy) is 1. The molecule has 4 heteroatoms. The van der Waals surface area contributed by atoms with Gasteiger partial charge in [-0.3, -0.25) is 4.79 Å². The molecule has 0 saturated heterocycles. The van der Waals surface area contributed by atoms with Crippen LogP contribution in [-0.4, -0.2) is 25.0 Å². The Kier molecular flexibility index (Phi) is 10.1. The van der Waals surface area contributed by atoms with Gasteiger partial charge in [0.05, 0.1) is 0 Å². The fourth-order valence-corrected chi connectivity index (χ4v) is 1.53. The van der Waals surface area contributed by atoms with Crippen LogP contribution in [0.3, 0.4) is 0 Å². The standard InChI is InChI=1S/C15H20FNO2.C2H6.H2/c1-4-17-10-12(3)19-15-9-13(6-5-11(2)18)7-8-14(15)16;1-2;/h5-9,12,17H,4,10H2,1-3H3;1-2H3;1H/b6-5+;;/t12-;;/m1../s1. The van der Waals surface area contributed by atoms with Crippen LogP contribution in [0.5, 0.6) is 5.75 Å². The molecule has 0 unspecified atom stereocenters. The lowest BCUT2D eigenvalue weighted by atomic mass is 10.2. The van der Waals surface area contributed by atoms with Crippen LogP contribution in [0.4, 0.5) is 4.39 Å². The maximum absolute atomic E-state index is 13.6. The summed E-state index contributed by atoms with van der Waals surface area (Å²) in [4.78, 5) is 10.9. The largest absolute Gasteiger partial charge is 0.486 e. The fourth-order valence-electron chi connectivity index (χ4n) is 1.53. The molecule has 1 aromatic carbocycles. The highest BCUT2D eigenvalue weighted by Gasteiger charge is 2.08. The minimum atomic E-state index is -0.400. The van der Waals surface area contributed by atoms with Crippen molar-refractivity contribution in [3.63, 3.8) is 0 Å². The summed E-state index contributed by atoms with van der Waals surface area (Å²) in [5.41, 5.74) is 0.738. The molecule has 0 heterocycles. The van der Waals surface area contributed by atoms with E-state index in [1.54, 1.807) is 18.2 Å². The van der Waals surface area contributed by atoms with Crippen LogP contribution in [0, 0.1) is 5.82 Å². The summed E-state index contributed by atoms with van der Waals surface area (Å²) >= 11 is 0. The summed E-state index contributed by atoms with van der Waals surface area (Å²) in [5.74, 6) is -0.244. The molecule has 0 saturated carbocycles. The van der Waals surface area contributed by atoms with Crippen LogP contribution >= 0.6 is 0 Å². The summed E-state index contributed by atoms with van der Waals surface area (Å²) in [6.07, 6.45) is 2.96.